The predicted molar refractivity (Wildman–Crippen MR) is 43.7 cm³/mol. The molecule has 70 valence electrons. The van der Waals surface area contributed by atoms with Crippen molar-refractivity contribution in [2.24, 2.45) is 0 Å². The van der Waals surface area contributed by atoms with Gasteiger partial charge in [0.2, 0.25) is 0 Å². The zero-order valence-corrected chi connectivity index (χ0v) is 7.45. The monoisotopic (exact) mass is 172 g/mol. The van der Waals surface area contributed by atoms with Crippen LogP contribution >= 0.6 is 0 Å². The van der Waals surface area contributed by atoms with Gasteiger partial charge in [-0.2, -0.15) is 0 Å². The Morgan fingerprint density at radius 1 is 1.42 bits per heavy atom. The fourth-order valence-electron chi connectivity index (χ4n) is 2.11. The molecule has 0 aromatic carbocycles. The number of hydrogen-bond donors (Lipinski definition) is 1. The summed E-state index contributed by atoms with van der Waals surface area (Å²) in [6, 6.07) is 0. The van der Waals surface area contributed by atoms with Crippen LogP contribution in [0.2, 0.25) is 0 Å². The van der Waals surface area contributed by atoms with Crippen molar-refractivity contribution in [3.05, 3.63) is 0 Å². The van der Waals surface area contributed by atoms with E-state index >= 15 is 0 Å². The van der Waals surface area contributed by atoms with E-state index < -0.39 is 11.9 Å². The fraction of sp³-hybridized carbons (Fsp3) is 1.00. The summed E-state index contributed by atoms with van der Waals surface area (Å²) in [4.78, 5) is 0. The highest BCUT2D eigenvalue weighted by Crippen LogP contribution is 2.38. The van der Waals surface area contributed by atoms with Crippen molar-refractivity contribution in [2.75, 3.05) is 6.61 Å². The zero-order valence-electron chi connectivity index (χ0n) is 7.45. The highest BCUT2D eigenvalue weighted by molar-refractivity contribution is 4.89. The summed E-state index contributed by atoms with van der Waals surface area (Å²) in [5.41, 5.74) is 0. The Kier molecular flexibility index (Phi) is 2.10. The first-order chi connectivity index (χ1) is 5.73. The molecule has 2 rings (SSSR count). The molecule has 3 heteroatoms. The van der Waals surface area contributed by atoms with Gasteiger partial charge in [-0.15, -0.1) is 0 Å². The Hall–Kier alpha value is -0.120. The van der Waals surface area contributed by atoms with Crippen LogP contribution in [-0.2, 0) is 9.47 Å². The molecule has 2 saturated heterocycles. The molecule has 2 fully saturated rings. The van der Waals surface area contributed by atoms with E-state index in [4.69, 9.17) is 9.47 Å². The van der Waals surface area contributed by atoms with Gasteiger partial charge in [0.25, 0.3) is 0 Å². The van der Waals surface area contributed by atoms with Gasteiger partial charge in [0.1, 0.15) is 6.10 Å². The molecule has 0 radical (unpaired) electrons. The van der Waals surface area contributed by atoms with E-state index in [2.05, 4.69) is 0 Å². The average Bonchev–Trinajstić information content (AvgIpc) is 2.29. The van der Waals surface area contributed by atoms with Gasteiger partial charge in [0.15, 0.2) is 5.79 Å². The zero-order chi connectivity index (χ0) is 8.60. The lowest BCUT2D eigenvalue weighted by Crippen LogP contribution is -2.44. The van der Waals surface area contributed by atoms with Gasteiger partial charge in [0, 0.05) is 12.8 Å². The molecule has 0 saturated carbocycles. The van der Waals surface area contributed by atoms with E-state index in [-0.39, 0.29) is 6.10 Å². The lowest BCUT2D eigenvalue weighted by Gasteiger charge is -2.35. The van der Waals surface area contributed by atoms with Gasteiger partial charge in [-0.1, -0.05) is 0 Å². The number of rotatable bonds is 0. The van der Waals surface area contributed by atoms with Crippen LogP contribution in [-0.4, -0.2) is 29.7 Å². The Bertz CT molecular complexity index is 163. The minimum Gasteiger partial charge on any atom is -0.387 e. The number of aliphatic hydroxyl groups is 1. The molecule has 12 heavy (non-hydrogen) atoms. The molecule has 1 spiro atoms. The van der Waals surface area contributed by atoms with Crippen molar-refractivity contribution in [1.82, 2.24) is 0 Å². The third-order valence-electron chi connectivity index (χ3n) is 2.73. The number of ether oxygens (including phenoxy) is 2. The van der Waals surface area contributed by atoms with Crippen LogP contribution in [0.5, 0.6) is 0 Å². The summed E-state index contributed by atoms with van der Waals surface area (Å²) in [5.74, 6) is -0.641. The van der Waals surface area contributed by atoms with E-state index in [0.717, 1.165) is 25.9 Å². The topological polar surface area (TPSA) is 38.7 Å². The third-order valence-corrected chi connectivity index (χ3v) is 2.73. The summed E-state index contributed by atoms with van der Waals surface area (Å²) >= 11 is 0. The van der Waals surface area contributed by atoms with Crippen LogP contribution in [0.25, 0.3) is 0 Å². The van der Waals surface area contributed by atoms with Crippen LogP contribution in [0.15, 0.2) is 0 Å². The molecule has 2 aliphatic rings. The molecule has 0 aliphatic carbocycles. The maximum Gasteiger partial charge on any atom is 0.194 e. The average molecular weight is 172 g/mol. The minimum atomic E-state index is -0.641. The predicted octanol–water partition coefficient (Wildman–Crippen LogP) is 1.05. The molecule has 0 aromatic heterocycles. The number of hydrogen-bond acceptors (Lipinski definition) is 3. The van der Waals surface area contributed by atoms with Gasteiger partial charge in [-0.25, -0.2) is 0 Å². The molecular formula is C9H16O3. The normalized spacial score (nSPS) is 48.5. The smallest absolute Gasteiger partial charge is 0.194 e. The van der Waals surface area contributed by atoms with Crippen molar-refractivity contribution < 1.29 is 14.6 Å². The highest BCUT2D eigenvalue weighted by atomic mass is 16.7. The lowest BCUT2D eigenvalue weighted by atomic mass is 10.00. The second-order valence-corrected chi connectivity index (χ2v) is 3.80. The Morgan fingerprint density at radius 3 is 2.75 bits per heavy atom. The van der Waals surface area contributed by atoms with Gasteiger partial charge in [-0.3, -0.25) is 0 Å². The maximum absolute atomic E-state index is 9.72. The summed E-state index contributed by atoms with van der Waals surface area (Å²) in [5, 5.41) is 9.72. The first-order valence-electron chi connectivity index (χ1n) is 4.73. The summed E-state index contributed by atoms with van der Waals surface area (Å²) in [7, 11) is 0. The molecule has 2 heterocycles. The minimum absolute atomic E-state index is 0.137. The molecule has 3 atom stereocenters. The molecule has 1 N–H and O–H groups in total. The largest absolute Gasteiger partial charge is 0.387 e. The second kappa shape index (κ2) is 2.98. The Labute approximate surface area is 72.7 Å². The van der Waals surface area contributed by atoms with E-state index in [1.165, 1.54) is 0 Å². The molecule has 3 unspecified atom stereocenters. The quantitative estimate of drug-likeness (QED) is 0.593. The van der Waals surface area contributed by atoms with E-state index in [1.807, 2.05) is 6.92 Å². The van der Waals surface area contributed by atoms with E-state index in [9.17, 15) is 5.11 Å². The first-order valence-corrected chi connectivity index (χ1v) is 4.73. The van der Waals surface area contributed by atoms with Crippen molar-refractivity contribution >= 4 is 0 Å². The molecule has 3 nitrogen and oxygen atoms in total. The van der Waals surface area contributed by atoms with E-state index in [1.54, 1.807) is 0 Å². The van der Waals surface area contributed by atoms with Crippen LogP contribution in [0.4, 0.5) is 0 Å². The summed E-state index contributed by atoms with van der Waals surface area (Å²) in [6.07, 6.45) is 3.46. The standard InChI is InChI=1S/C9H16O3/c1-7-6-8(10)9(12-7)4-2-3-5-11-9/h7-8,10H,2-6H2,1H3. The first kappa shape index (κ1) is 8.48. The van der Waals surface area contributed by atoms with Crippen LogP contribution in [0.1, 0.15) is 32.6 Å². The molecule has 0 bridgehead atoms. The van der Waals surface area contributed by atoms with Gasteiger partial charge in [0.05, 0.1) is 12.7 Å². The molecule has 2 aliphatic heterocycles. The van der Waals surface area contributed by atoms with Crippen molar-refractivity contribution in [2.45, 2.75) is 50.6 Å². The maximum atomic E-state index is 9.72. The highest BCUT2D eigenvalue weighted by Gasteiger charge is 2.48. The van der Waals surface area contributed by atoms with Gasteiger partial charge < -0.3 is 14.6 Å². The SMILES string of the molecule is CC1CC(O)C2(CCCCO2)O1. The molecule has 0 amide bonds. The fourth-order valence-corrected chi connectivity index (χ4v) is 2.11. The van der Waals surface area contributed by atoms with Gasteiger partial charge >= 0.3 is 0 Å². The van der Waals surface area contributed by atoms with Crippen molar-refractivity contribution in [3.63, 3.8) is 0 Å². The third kappa shape index (κ3) is 1.26. The Morgan fingerprint density at radius 2 is 2.25 bits per heavy atom. The Balaban J connectivity index is 2.08. The number of aliphatic hydroxyl groups excluding tert-OH is 1. The second-order valence-electron chi connectivity index (χ2n) is 3.80. The van der Waals surface area contributed by atoms with Crippen molar-refractivity contribution in [1.29, 1.82) is 0 Å². The van der Waals surface area contributed by atoms with Crippen LogP contribution in [0, 0.1) is 0 Å². The van der Waals surface area contributed by atoms with Crippen LogP contribution < -0.4 is 0 Å². The lowest BCUT2D eigenvalue weighted by molar-refractivity contribution is -0.272. The molecular weight excluding hydrogens is 156 g/mol. The summed E-state index contributed by atoms with van der Waals surface area (Å²) < 4.78 is 11.2. The van der Waals surface area contributed by atoms with Gasteiger partial charge in [-0.05, 0) is 19.8 Å². The summed E-state index contributed by atoms with van der Waals surface area (Å²) in [6.45, 7) is 2.71. The van der Waals surface area contributed by atoms with E-state index in [0.29, 0.717) is 6.42 Å². The van der Waals surface area contributed by atoms with Crippen LogP contribution in [0.3, 0.4) is 0 Å². The van der Waals surface area contributed by atoms with Crippen molar-refractivity contribution in [3.8, 4) is 0 Å². The molecule has 0 aromatic rings.